The summed E-state index contributed by atoms with van der Waals surface area (Å²) in [6.45, 7) is 0. The van der Waals surface area contributed by atoms with Crippen LogP contribution in [0.1, 0.15) is 36.8 Å². The van der Waals surface area contributed by atoms with Crippen LogP contribution in [0.25, 0.3) is 11.1 Å². The molecule has 2 aromatic carbocycles. The lowest BCUT2D eigenvalue weighted by atomic mass is 9.92. The van der Waals surface area contributed by atoms with E-state index in [0.29, 0.717) is 22.3 Å². The van der Waals surface area contributed by atoms with Crippen LogP contribution in [0.2, 0.25) is 0 Å². The van der Waals surface area contributed by atoms with Crippen LogP contribution in [0.5, 0.6) is 0 Å². The minimum atomic E-state index is -3.92. The van der Waals surface area contributed by atoms with Gasteiger partial charge in [0.15, 0.2) is 0 Å². The van der Waals surface area contributed by atoms with E-state index in [1.165, 1.54) is 24.3 Å². The molecule has 3 aliphatic carbocycles. The molecule has 0 saturated heterocycles. The van der Waals surface area contributed by atoms with Crippen molar-refractivity contribution < 1.29 is 30.8 Å². The number of fused-ring (bicyclic) bond motifs is 3. The highest BCUT2D eigenvalue weighted by molar-refractivity contribution is 7.89. The highest BCUT2D eigenvalue weighted by Gasteiger charge is 2.35. The second-order valence-electron chi connectivity index (χ2n) is 8.64. The van der Waals surface area contributed by atoms with Crippen LogP contribution < -0.4 is 9.44 Å². The Kier molecular flexibility index (Phi) is 5.31. The van der Waals surface area contributed by atoms with E-state index in [1.807, 2.05) is 0 Å². The topological polar surface area (TPSA) is 125 Å². The van der Waals surface area contributed by atoms with E-state index in [-0.39, 0.29) is 41.2 Å². The number of sulfonamides is 2. The van der Waals surface area contributed by atoms with Gasteiger partial charge in [0.1, 0.15) is 18.1 Å². The standard InChI is InChI=1S/C21H21F2N3O5S2/c22-11-5-13(6-11)25-32(28,29)15-1-3-17-18-4-2-16(10-20(18)21(24-27)19(17)9-15)33(30,31)26-14-7-12(23)8-14/h1-4,9-14,25-27H,5-8H2. The van der Waals surface area contributed by atoms with Gasteiger partial charge in [0, 0.05) is 23.2 Å². The quantitative estimate of drug-likeness (QED) is 0.356. The van der Waals surface area contributed by atoms with Gasteiger partial charge in [-0.3, -0.25) is 0 Å². The summed E-state index contributed by atoms with van der Waals surface area (Å²) in [5.74, 6) is 0. The lowest BCUT2D eigenvalue weighted by Crippen LogP contribution is -2.45. The molecule has 176 valence electrons. The minimum Gasteiger partial charge on any atom is -0.410 e. The van der Waals surface area contributed by atoms with Gasteiger partial charge in [-0.05, 0) is 61.1 Å². The second-order valence-corrected chi connectivity index (χ2v) is 12.1. The Morgan fingerprint density at radius 2 is 1.12 bits per heavy atom. The summed E-state index contributed by atoms with van der Waals surface area (Å²) in [6.07, 6.45) is -1.53. The third kappa shape index (κ3) is 3.94. The van der Waals surface area contributed by atoms with E-state index in [2.05, 4.69) is 14.6 Å². The molecular weight excluding hydrogens is 476 g/mol. The summed E-state index contributed by atoms with van der Waals surface area (Å²) in [5.41, 5.74) is 1.86. The van der Waals surface area contributed by atoms with Crippen LogP contribution in [0.15, 0.2) is 51.3 Å². The van der Waals surface area contributed by atoms with Crippen LogP contribution >= 0.6 is 0 Å². The van der Waals surface area contributed by atoms with Crippen molar-refractivity contribution in [1.82, 2.24) is 9.44 Å². The number of hydrogen-bond donors (Lipinski definition) is 3. The van der Waals surface area contributed by atoms with Gasteiger partial charge in [-0.1, -0.05) is 17.3 Å². The Hall–Kier alpha value is -2.41. The second kappa shape index (κ2) is 7.83. The molecule has 0 spiro atoms. The van der Waals surface area contributed by atoms with Gasteiger partial charge < -0.3 is 5.21 Å². The number of nitrogens with zero attached hydrogens (tertiary/aromatic N) is 1. The number of alkyl halides is 2. The SMILES string of the molecule is O=S(=O)(NC1CC(F)C1)c1ccc2c(c1)C(=NO)c1cc(S(=O)(=O)NC3CC(F)C3)ccc1-2. The number of hydrogen-bond acceptors (Lipinski definition) is 6. The lowest BCUT2D eigenvalue weighted by Gasteiger charge is -2.30. The van der Waals surface area contributed by atoms with Gasteiger partial charge in [-0.25, -0.2) is 35.1 Å². The van der Waals surface area contributed by atoms with Crippen LogP contribution in [0, 0.1) is 0 Å². The van der Waals surface area contributed by atoms with E-state index < -0.39 is 44.5 Å². The molecule has 0 radical (unpaired) electrons. The molecule has 2 aromatic rings. The van der Waals surface area contributed by atoms with E-state index in [0.717, 1.165) is 0 Å². The zero-order chi connectivity index (χ0) is 23.5. The first-order valence-electron chi connectivity index (χ1n) is 10.4. The van der Waals surface area contributed by atoms with E-state index in [1.54, 1.807) is 12.1 Å². The first kappa shape index (κ1) is 22.4. The van der Waals surface area contributed by atoms with Crippen molar-refractivity contribution in [3.05, 3.63) is 47.5 Å². The highest BCUT2D eigenvalue weighted by Crippen LogP contribution is 2.39. The van der Waals surface area contributed by atoms with Crippen LogP contribution in [-0.4, -0.2) is 52.2 Å². The Morgan fingerprint density at radius 3 is 1.45 bits per heavy atom. The third-order valence-corrected chi connectivity index (χ3v) is 9.34. The van der Waals surface area contributed by atoms with Crippen molar-refractivity contribution in [2.24, 2.45) is 5.16 Å². The maximum atomic E-state index is 13.1. The highest BCUT2D eigenvalue weighted by atomic mass is 32.2. The number of nitrogens with one attached hydrogen (secondary N) is 2. The molecule has 0 heterocycles. The first-order chi connectivity index (χ1) is 15.6. The lowest BCUT2D eigenvalue weighted by molar-refractivity contribution is 0.171. The molecule has 0 atom stereocenters. The van der Waals surface area contributed by atoms with E-state index in [9.17, 15) is 30.8 Å². The molecule has 0 aromatic heterocycles. The van der Waals surface area contributed by atoms with Gasteiger partial charge >= 0.3 is 0 Å². The molecule has 12 heteroatoms. The zero-order valence-electron chi connectivity index (χ0n) is 17.2. The van der Waals surface area contributed by atoms with Crippen molar-refractivity contribution >= 4 is 25.8 Å². The van der Waals surface area contributed by atoms with Crippen molar-refractivity contribution in [3.8, 4) is 11.1 Å². The summed E-state index contributed by atoms with van der Waals surface area (Å²) in [4.78, 5) is -0.143. The Bertz CT molecular complexity index is 1260. The predicted octanol–water partition coefficient (Wildman–Crippen LogP) is 2.45. The molecule has 2 saturated carbocycles. The minimum absolute atomic E-state index is 0.0361. The summed E-state index contributed by atoms with van der Waals surface area (Å²) < 4.78 is 81.9. The summed E-state index contributed by atoms with van der Waals surface area (Å²) in [7, 11) is -7.84. The van der Waals surface area contributed by atoms with Crippen molar-refractivity contribution in [3.63, 3.8) is 0 Å². The Morgan fingerprint density at radius 1 is 0.727 bits per heavy atom. The molecule has 3 aliphatic rings. The largest absolute Gasteiger partial charge is 0.410 e. The average molecular weight is 498 g/mol. The number of benzene rings is 2. The van der Waals surface area contributed by atoms with E-state index >= 15 is 0 Å². The summed E-state index contributed by atoms with van der Waals surface area (Å²) >= 11 is 0. The molecule has 3 N–H and O–H groups in total. The van der Waals surface area contributed by atoms with Gasteiger partial charge in [-0.15, -0.1) is 0 Å². The Labute approximate surface area is 189 Å². The smallest absolute Gasteiger partial charge is 0.240 e. The van der Waals surface area contributed by atoms with Crippen LogP contribution in [0.4, 0.5) is 8.78 Å². The number of halogens is 2. The maximum absolute atomic E-state index is 13.1. The fraction of sp³-hybridized carbons (Fsp3) is 0.381. The Balaban J connectivity index is 1.46. The number of rotatable bonds is 6. The molecule has 8 nitrogen and oxygen atoms in total. The fourth-order valence-electron chi connectivity index (χ4n) is 4.36. The molecule has 0 aliphatic heterocycles. The summed E-state index contributed by atoms with van der Waals surface area (Å²) in [5, 5.41) is 13.0. The molecule has 0 bridgehead atoms. The molecular formula is C21H21F2N3O5S2. The van der Waals surface area contributed by atoms with Gasteiger partial charge in [-0.2, -0.15) is 0 Å². The predicted molar refractivity (Wildman–Crippen MR) is 116 cm³/mol. The first-order valence-corrected chi connectivity index (χ1v) is 13.4. The normalized spacial score (nSPS) is 26.2. The monoisotopic (exact) mass is 497 g/mol. The average Bonchev–Trinajstić information content (AvgIpc) is 3.03. The van der Waals surface area contributed by atoms with Crippen LogP contribution in [0.3, 0.4) is 0 Å². The van der Waals surface area contributed by atoms with Crippen molar-refractivity contribution in [2.75, 3.05) is 0 Å². The zero-order valence-corrected chi connectivity index (χ0v) is 18.8. The van der Waals surface area contributed by atoms with E-state index in [4.69, 9.17) is 0 Å². The maximum Gasteiger partial charge on any atom is 0.240 e. The molecule has 0 unspecified atom stereocenters. The van der Waals surface area contributed by atoms with Crippen molar-refractivity contribution in [1.29, 1.82) is 0 Å². The fourth-order valence-corrected chi connectivity index (χ4v) is 6.93. The molecule has 5 rings (SSSR count). The molecule has 0 amide bonds. The van der Waals surface area contributed by atoms with Gasteiger partial charge in [0.2, 0.25) is 20.0 Å². The van der Waals surface area contributed by atoms with Crippen molar-refractivity contribution in [2.45, 2.75) is 59.9 Å². The van der Waals surface area contributed by atoms with Gasteiger partial charge in [0.05, 0.1) is 9.79 Å². The van der Waals surface area contributed by atoms with Crippen LogP contribution in [-0.2, 0) is 20.0 Å². The summed E-state index contributed by atoms with van der Waals surface area (Å²) in [6, 6.07) is 7.67. The van der Waals surface area contributed by atoms with Gasteiger partial charge in [0.25, 0.3) is 0 Å². The number of oxime groups is 1. The third-order valence-electron chi connectivity index (χ3n) is 6.31. The molecule has 2 fully saturated rings. The molecule has 33 heavy (non-hydrogen) atoms.